The lowest BCUT2D eigenvalue weighted by molar-refractivity contribution is 0.120. The molecule has 0 amide bonds. The van der Waals surface area contributed by atoms with E-state index in [9.17, 15) is 0 Å². The Morgan fingerprint density at radius 2 is 1.60 bits per heavy atom. The molecule has 1 heterocycles. The molecule has 0 saturated carbocycles. The topological polar surface area (TPSA) is 42.9 Å². The molecule has 0 radical (unpaired) electrons. The second-order valence-electron chi connectivity index (χ2n) is 7.66. The molecule has 25 heavy (non-hydrogen) atoms. The summed E-state index contributed by atoms with van der Waals surface area (Å²) in [6, 6.07) is 0.549. The van der Waals surface area contributed by atoms with Gasteiger partial charge in [0.15, 0.2) is 5.96 Å². The van der Waals surface area contributed by atoms with Gasteiger partial charge in [-0.2, -0.15) is 0 Å². The van der Waals surface area contributed by atoms with Crippen LogP contribution in [-0.2, 0) is 0 Å². The maximum Gasteiger partial charge on any atom is 0.191 e. The summed E-state index contributed by atoms with van der Waals surface area (Å²) in [4.78, 5) is 9.31. The highest BCUT2D eigenvalue weighted by Gasteiger charge is 2.18. The quantitative estimate of drug-likeness (QED) is 0.224. The first kappa shape index (κ1) is 24.9. The fourth-order valence-corrected chi connectivity index (χ4v) is 3.09. The van der Waals surface area contributed by atoms with Crippen LogP contribution in [0.2, 0.25) is 0 Å². The Hall–Kier alpha value is -0.0800. The Morgan fingerprint density at radius 3 is 2.20 bits per heavy atom. The smallest absolute Gasteiger partial charge is 0.191 e. The second-order valence-corrected chi connectivity index (χ2v) is 7.66. The molecule has 2 N–H and O–H groups in total. The normalized spacial score (nSPS) is 18.1. The van der Waals surface area contributed by atoms with E-state index in [0.717, 1.165) is 25.0 Å². The van der Waals surface area contributed by atoms with Crippen molar-refractivity contribution in [2.45, 2.75) is 58.9 Å². The van der Waals surface area contributed by atoms with Crippen molar-refractivity contribution in [3.05, 3.63) is 0 Å². The maximum absolute atomic E-state index is 4.34. The predicted molar refractivity (Wildman–Crippen MR) is 121 cm³/mol. The fourth-order valence-electron chi connectivity index (χ4n) is 3.09. The molecule has 0 aromatic heterocycles. The number of nitrogens with zero attached hydrogens (tertiary/aromatic N) is 3. The van der Waals surface area contributed by atoms with Gasteiger partial charge in [-0.15, -0.1) is 24.0 Å². The Morgan fingerprint density at radius 1 is 0.960 bits per heavy atom. The van der Waals surface area contributed by atoms with Gasteiger partial charge in [-0.25, -0.2) is 0 Å². The minimum absolute atomic E-state index is 0. The van der Waals surface area contributed by atoms with Crippen molar-refractivity contribution in [2.75, 3.05) is 53.4 Å². The van der Waals surface area contributed by atoms with Crippen LogP contribution in [-0.4, -0.2) is 75.2 Å². The van der Waals surface area contributed by atoms with Crippen molar-refractivity contribution in [3.8, 4) is 0 Å². The summed E-state index contributed by atoms with van der Waals surface area (Å²) in [5, 5.41) is 6.92. The molecule has 1 aliphatic heterocycles. The highest BCUT2D eigenvalue weighted by atomic mass is 127. The van der Waals surface area contributed by atoms with Gasteiger partial charge < -0.3 is 15.5 Å². The second kappa shape index (κ2) is 15.0. The highest BCUT2D eigenvalue weighted by molar-refractivity contribution is 14.0. The zero-order chi connectivity index (χ0) is 17.8. The number of halogens is 1. The Labute approximate surface area is 173 Å². The van der Waals surface area contributed by atoms with Crippen LogP contribution >= 0.6 is 24.0 Å². The van der Waals surface area contributed by atoms with E-state index in [-0.39, 0.29) is 24.0 Å². The number of nitrogens with one attached hydrogen (secondary N) is 2. The van der Waals surface area contributed by atoms with Gasteiger partial charge in [-0.3, -0.25) is 9.89 Å². The molecule has 0 aromatic carbocycles. The molecule has 6 heteroatoms. The monoisotopic (exact) mass is 467 g/mol. The molecule has 0 aromatic rings. The largest absolute Gasteiger partial charge is 0.356 e. The molecule has 0 spiro atoms. The standard InChI is InChI=1S/C19H41N5.HI/c1-17(2)10-8-6-7-9-11-21-19(20-4)22-16-18(3)24-14-12-23(5)13-15-24;/h17-18H,6-16H2,1-5H3,(H2,20,21,22);1H. The summed E-state index contributed by atoms with van der Waals surface area (Å²) >= 11 is 0. The number of piperazine rings is 1. The number of aliphatic imine (C=N–C) groups is 1. The van der Waals surface area contributed by atoms with Crippen LogP contribution in [0.4, 0.5) is 0 Å². The number of hydrogen-bond donors (Lipinski definition) is 2. The minimum atomic E-state index is 0. The van der Waals surface area contributed by atoms with E-state index in [1.807, 2.05) is 7.05 Å². The third-order valence-electron chi connectivity index (χ3n) is 4.95. The van der Waals surface area contributed by atoms with Crippen LogP contribution < -0.4 is 10.6 Å². The van der Waals surface area contributed by atoms with E-state index in [1.54, 1.807) is 0 Å². The van der Waals surface area contributed by atoms with Crippen LogP contribution in [0.3, 0.4) is 0 Å². The first-order chi connectivity index (χ1) is 11.5. The summed E-state index contributed by atoms with van der Waals surface area (Å²) < 4.78 is 0. The zero-order valence-corrected chi connectivity index (χ0v) is 19.5. The van der Waals surface area contributed by atoms with Gasteiger partial charge in [0.1, 0.15) is 0 Å². The molecule has 1 fully saturated rings. The Kier molecular flexibility index (Phi) is 15.0. The zero-order valence-electron chi connectivity index (χ0n) is 17.2. The van der Waals surface area contributed by atoms with E-state index in [0.29, 0.717) is 6.04 Å². The molecular formula is C19H42IN5. The van der Waals surface area contributed by atoms with Crippen molar-refractivity contribution in [2.24, 2.45) is 10.9 Å². The van der Waals surface area contributed by atoms with Crippen molar-refractivity contribution >= 4 is 29.9 Å². The van der Waals surface area contributed by atoms with Crippen LogP contribution in [0.5, 0.6) is 0 Å². The number of likely N-dealkylation sites (N-methyl/N-ethyl adjacent to an activating group) is 1. The number of guanidine groups is 1. The number of rotatable bonds is 10. The number of hydrogen-bond acceptors (Lipinski definition) is 3. The molecule has 1 saturated heterocycles. The molecular weight excluding hydrogens is 425 g/mol. The lowest BCUT2D eigenvalue weighted by atomic mass is 10.0. The van der Waals surface area contributed by atoms with Gasteiger partial charge in [0.2, 0.25) is 0 Å². The summed E-state index contributed by atoms with van der Waals surface area (Å²) in [7, 11) is 4.06. The van der Waals surface area contributed by atoms with Crippen molar-refractivity contribution in [1.82, 2.24) is 20.4 Å². The van der Waals surface area contributed by atoms with E-state index in [1.165, 1.54) is 58.3 Å². The average Bonchev–Trinajstić information content (AvgIpc) is 2.56. The maximum atomic E-state index is 4.34. The van der Waals surface area contributed by atoms with Gasteiger partial charge >= 0.3 is 0 Å². The molecule has 0 bridgehead atoms. The highest BCUT2D eigenvalue weighted by Crippen LogP contribution is 2.09. The number of unbranched alkanes of at least 4 members (excludes halogenated alkanes) is 3. The van der Waals surface area contributed by atoms with Crippen LogP contribution in [0.25, 0.3) is 0 Å². The van der Waals surface area contributed by atoms with Gasteiger partial charge in [0.05, 0.1) is 0 Å². The van der Waals surface area contributed by atoms with Gasteiger partial charge in [-0.05, 0) is 26.3 Å². The summed E-state index contributed by atoms with van der Waals surface area (Å²) in [5.74, 6) is 1.78. The minimum Gasteiger partial charge on any atom is -0.356 e. The van der Waals surface area contributed by atoms with Gasteiger partial charge in [0, 0.05) is 52.4 Å². The summed E-state index contributed by atoms with van der Waals surface area (Å²) in [5.41, 5.74) is 0. The summed E-state index contributed by atoms with van der Waals surface area (Å²) in [6.45, 7) is 13.6. The lowest BCUT2D eigenvalue weighted by Crippen LogP contribution is -2.52. The molecule has 1 rings (SSSR count). The Balaban J connectivity index is 0.00000576. The lowest BCUT2D eigenvalue weighted by Gasteiger charge is -2.36. The molecule has 150 valence electrons. The average molecular weight is 467 g/mol. The Bertz CT molecular complexity index is 341. The molecule has 1 aliphatic rings. The van der Waals surface area contributed by atoms with Crippen LogP contribution in [0, 0.1) is 5.92 Å². The van der Waals surface area contributed by atoms with E-state index < -0.39 is 0 Å². The molecule has 5 nitrogen and oxygen atoms in total. The molecule has 0 aliphatic carbocycles. The van der Waals surface area contributed by atoms with E-state index in [2.05, 4.69) is 53.2 Å². The van der Waals surface area contributed by atoms with Crippen LogP contribution in [0.15, 0.2) is 4.99 Å². The van der Waals surface area contributed by atoms with Crippen molar-refractivity contribution in [3.63, 3.8) is 0 Å². The third-order valence-corrected chi connectivity index (χ3v) is 4.95. The predicted octanol–water partition coefficient (Wildman–Crippen LogP) is 3.01. The SMILES string of the molecule is CN=C(NCCCCCCC(C)C)NCC(C)N1CCN(C)CC1.I. The summed E-state index contributed by atoms with van der Waals surface area (Å²) in [6.07, 6.45) is 6.63. The fraction of sp³-hybridized carbons (Fsp3) is 0.947. The molecule has 1 atom stereocenters. The third kappa shape index (κ3) is 12.0. The van der Waals surface area contributed by atoms with E-state index in [4.69, 9.17) is 0 Å². The van der Waals surface area contributed by atoms with Crippen LogP contribution in [0.1, 0.15) is 52.9 Å². The first-order valence-electron chi connectivity index (χ1n) is 9.90. The molecule has 1 unspecified atom stereocenters. The van der Waals surface area contributed by atoms with Gasteiger partial charge in [0.25, 0.3) is 0 Å². The van der Waals surface area contributed by atoms with Gasteiger partial charge in [-0.1, -0.05) is 39.5 Å². The van der Waals surface area contributed by atoms with Crippen molar-refractivity contribution in [1.29, 1.82) is 0 Å². The van der Waals surface area contributed by atoms with E-state index >= 15 is 0 Å². The first-order valence-corrected chi connectivity index (χ1v) is 9.90. The van der Waals surface area contributed by atoms with Crippen molar-refractivity contribution < 1.29 is 0 Å².